The van der Waals surface area contributed by atoms with E-state index in [-0.39, 0.29) is 17.9 Å². The van der Waals surface area contributed by atoms with Crippen LogP contribution in [0.2, 0.25) is 0 Å². The second-order valence-corrected chi connectivity index (χ2v) is 8.85. The van der Waals surface area contributed by atoms with E-state index in [1.165, 1.54) is 0 Å². The summed E-state index contributed by atoms with van der Waals surface area (Å²) in [4.78, 5) is 29.6. The number of hydrogen-bond donors (Lipinski definition) is 3. The van der Waals surface area contributed by atoms with Gasteiger partial charge in [-0.2, -0.15) is 0 Å². The van der Waals surface area contributed by atoms with Gasteiger partial charge in [0.05, 0.1) is 22.2 Å². The molecule has 2 atom stereocenters. The summed E-state index contributed by atoms with van der Waals surface area (Å²) in [6, 6.07) is 16.1. The number of benzene rings is 3. The lowest BCUT2D eigenvalue weighted by atomic mass is 9.96. The second kappa shape index (κ2) is 6.08. The number of nitrogens with one attached hydrogen (secondary N) is 2. The first-order chi connectivity index (χ1) is 15.6. The number of nitrogens with zero attached hydrogens (tertiary/aromatic N) is 1. The fourth-order valence-corrected chi connectivity index (χ4v) is 5.69. The molecule has 0 saturated heterocycles. The molecule has 2 aliphatic rings. The molecule has 6 nitrogen and oxygen atoms in total. The maximum absolute atomic E-state index is 13.1. The van der Waals surface area contributed by atoms with Gasteiger partial charge in [-0.05, 0) is 24.5 Å². The number of carbonyl (C=O) groups is 2. The van der Waals surface area contributed by atoms with Crippen molar-refractivity contribution in [2.45, 2.75) is 19.0 Å². The number of aromatic amines is 1. The zero-order valence-electron chi connectivity index (χ0n) is 17.2. The molecule has 0 fully saturated rings. The maximum atomic E-state index is 13.1. The lowest BCUT2D eigenvalue weighted by Crippen LogP contribution is -2.20. The number of hydrogen-bond acceptors (Lipinski definition) is 3. The van der Waals surface area contributed by atoms with Gasteiger partial charge in [-0.1, -0.05) is 48.6 Å². The Kier molecular flexibility index (Phi) is 3.37. The number of carbonyl (C=O) groups excluding carboxylic acids is 2. The molecule has 6 heteroatoms. The molecule has 156 valence electrons. The van der Waals surface area contributed by atoms with Crippen LogP contribution < -0.4 is 11.1 Å². The van der Waals surface area contributed by atoms with E-state index in [4.69, 9.17) is 5.73 Å². The van der Waals surface area contributed by atoms with Gasteiger partial charge in [0.15, 0.2) is 0 Å². The van der Waals surface area contributed by atoms with Gasteiger partial charge in [0.2, 0.25) is 0 Å². The fourth-order valence-electron chi connectivity index (χ4n) is 5.69. The van der Waals surface area contributed by atoms with E-state index < -0.39 is 0 Å². The van der Waals surface area contributed by atoms with Gasteiger partial charge in [0.1, 0.15) is 0 Å². The van der Waals surface area contributed by atoms with Gasteiger partial charge < -0.3 is 15.3 Å². The van der Waals surface area contributed by atoms with E-state index in [1.807, 2.05) is 42.5 Å². The molecule has 2 amide bonds. The van der Waals surface area contributed by atoms with Gasteiger partial charge >= 0.3 is 0 Å². The highest BCUT2D eigenvalue weighted by Gasteiger charge is 2.35. The summed E-state index contributed by atoms with van der Waals surface area (Å²) in [6.45, 7) is 0.757. The minimum absolute atomic E-state index is 0.0776. The summed E-state index contributed by atoms with van der Waals surface area (Å²) in [5.74, 6) is -0.344. The van der Waals surface area contributed by atoms with Crippen LogP contribution in [0.5, 0.6) is 0 Å². The van der Waals surface area contributed by atoms with Crippen LogP contribution in [0, 0.1) is 5.92 Å². The van der Waals surface area contributed by atoms with Crippen molar-refractivity contribution >= 4 is 55.4 Å². The van der Waals surface area contributed by atoms with Crippen molar-refractivity contribution in [2.24, 2.45) is 11.7 Å². The van der Waals surface area contributed by atoms with E-state index in [0.717, 1.165) is 56.6 Å². The molecule has 1 unspecified atom stereocenters. The first-order valence-electron chi connectivity index (χ1n) is 10.9. The van der Waals surface area contributed by atoms with Crippen LogP contribution in [0.25, 0.3) is 43.6 Å². The molecule has 1 aliphatic heterocycles. The largest absolute Gasteiger partial charge is 0.353 e. The maximum Gasteiger partial charge on any atom is 0.259 e. The zero-order chi connectivity index (χ0) is 21.6. The number of rotatable bonds is 2. The van der Waals surface area contributed by atoms with Crippen LogP contribution in [-0.2, 0) is 6.54 Å². The van der Waals surface area contributed by atoms with E-state index in [2.05, 4.69) is 33.1 Å². The van der Waals surface area contributed by atoms with Gasteiger partial charge in [-0.25, -0.2) is 0 Å². The normalized spacial score (nSPS) is 20.3. The third-order valence-electron chi connectivity index (χ3n) is 6.97. The van der Waals surface area contributed by atoms with Gasteiger partial charge in [0.25, 0.3) is 11.8 Å². The number of para-hydroxylation sites is 2. The summed E-state index contributed by atoms with van der Waals surface area (Å²) in [5, 5.41) is 6.13. The topological polar surface area (TPSA) is 92.9 Å². The lowest BCUT2D eigenvalue weighted by molar-refractivity contribution is 0.0880. The predicted molar refractivity (Wildman–Crippen MR) is 126 cm³/mol. The molecule has 3 heterocycles. The molecular weight excluding hydrogens is 400 g/mol. The molecule has 0 spiro atoms. The summed E-state index contributed by atoms with van der Waals surface area (Å²) in [7, 11) is 0. The standard InChI is InChI=1S/C26H20N4O2/c27-14-10-9-13(11-14)12-30-18-8-4-2-6-16(18)20-22-21(25(31)29-26(22)32)19-15-5-1-3-7-17(15)28-23(19)24(20)30/h1-10,13-14,28H,11-12,27H2,(H,29,31,32)/t13?,14-/m1/s1. The highest BCUT2D eigenvalue weighted by molar-refractivity contribution is 6.39. The van der Waals surface area contributed by atoms with Crippen LogP contribution in [-0.4, -0.2) is 27.4 Å². The van der Waals surface area contributed by atoms with Crippen molar-refractivity contribution in [3.63, 3.8) is 0 Å². The summed E-state index contributed by atoms with van der Waals surface area (Å²) in [6.07, 6.45) is 5.16. The van der Waals surface area contributed by atoms with Crippen molar-refractivity contribution in [3.05, 3.63) is 71.8 Å². The van der Waals surface area contributed by atoms with Crippen LogP contribution >= 0.6 is 0 Å². The van der Waals surface area contributed by atoms with E-state index in [1.54, 1.807) is 0 Å². The Hall–Kier alpha value is -3.90. The Morgan fingerprint density at radius 2 is 1.62 bits per heavy atom. The van der Waals surface area contributed by atoms with Gasteiger partial charge in [-0.15, -0.1) is 0 Å². The molecule has 4 N–H and O–H groups in total. The summed E-state index contributed by atoms with van der Waals surface area (Å²) < 4.78 is 2.30. The third kappa shape index (κ3) is 2.17. The van der Waals surface area contributed by atoms with Crippen LogP contribution in [0.1, 0.15) is 27.1 Å². The minimum Gasteiger partial charge on any atom is -0.353 e. The molecule has 0 saturated carbocycles. The van der Waals surface area contributed by atoms with Crippen molar-refractivity contribution in [3.8, 4) is 0 Å². The monoisotopic (exact) mass is 420 g/mol. The first kappa shape index (κ1) is 17.7. The Labute approximate surface area is 182 Å². The average molecular weight is 420 g/mol. The predicted octanol–water partition coefficient (Wildman–Crippen LogP) is 4.22. The lowest BCUT2D eigenvalue weighted by Gasteiger charge is -2.14. The zero-order valence-corrected chi connectivity index (χ0v) is 17.2. The smallest absolute Gasteiger partial charge is 0.259 e. The first-order valence-corrected chi connectivity index (χ1v) is 10.9. The van der Waals surface area contributed by atoms with Crippen LogP contribution in [0.3, 0.4) is 0 Å². The van der Waals surface area contributed by atoms with Crippen molar-refractivity contribution in [1.29, 1.82) is 0 Å². The average Bonchev–Trinajstić information content (AvgIpc) is 3.52. The highest BCUT2D eigenvalue weighted by atomic mass is 16.2. The molecule has 2 aromatic heterocycles. The van der Waals surface area contributed by atoms with Crippen LogP contribution in [0.15, 0.2) is 60.7 Å². The van der Waals surface area contributed by atoms with Crippen molar-refractivity contribution in [2.75, 3.05) is 0 Å². The van der Waals surface area contributed by atoms with E-state index >= 15 is 0 Å². The van der Waals surface area contributed by atoms with E-state index in [9.17, 15) is 9.59 Å². The molecule has 0 bridgehead atoms. The van der Waals surface area contributed by atoms with Crippen LogP contribution in [0.4, 0.5) is 0 Å². The number of fused-ring (bicyclic) bond motifs is 10. The molecular formula is C26H20N4O2. The highest BCUT2D eigenvalue weighted by Crippen LogP contribution is 2.43. The minimum atomic E-state index is -0.330. The second-order valence-electron chi connectivity index (χ2n) is 8.85. The Morgan fingerprint density at radius 3 is 2.41 bits per heavy atom. The fraction of sp³-hybridized carbons (Fsp3) is 0.154. The number of allylic oxidation sites excluding steroid dienone is 1. The van der Waals surface area contributed by atoms with Crippen molar-refractivity contribution in [1.82, 2.24) is 14.9 Å². The number of H-pyrrole nitrogens is 1. The quantitative estimate of drug-likeness (QED) is 0.295. The SMILES string of the molecule is N[C@@H]1C=CC(Cn2c3ccccc3c3c4c(c5c6ccccc6[nH]c5c32)C(=O)NC4=O)C1. The molecule has 7 rings (SSSR count). The molecule has 32 heavy (non-hydrogen) atoms. The molecule has 0 radical (unpaired) electrons. The Bertz CT molecular complexity index is 1670. The summed E-state index contributed by atoms with van der Waals surface area (Å²) >= 11 is 0. The van der Waals surface area contributed by atoms with Gasteiger partial charge in [-0.3, -0.25) is 14.9 Å². The van der Waals surface area contributed by atoms with Crippen molar-refractivity contribution < 1.29 is 9.59 Å². The number of nitrogens with two attached hydrogens (primary N) is 1. The number of aromatic nitrogens is 2. The number of imide groups is 1. The summed E-state index contributed by atoms with van der Waals surface area (Å²) in [5.41, 5.74) is 11.0. The number of amides is 2. The molecule has 5 aromatic rings. The molecule has 1 aliphatic carbocycles. The molecule has 3 aromatic carbocycles. The van der Waals surface area contributed by atoms with E-state index in [0.29, 0.717) is 17.0 Å². The Balaban J connectivity index is 1.71. The Morgan fingerprint density at radius 1 is 0.906 bits per heavy atom. The van der Waals surface area contributed by atoms with Gasteiger partial charge in [0, 0.05) is 45.2 Å². The third-order valence-corrected chi connectivity index (χ3v) is 6.97.